The molecule has 1 aromatic heterocycles. The van der Waals surface area contributed by atoms with Gasteiger partial charge in [-0.2, -0.15) is 0 Å². The van der Waals surface area contributed by atoms with E-state index in [1.165, 1.54) is 44.2 Å². The summed E-state index contributed by atoms with van der Waals surface area (Å²) < 4.78 is 0.717. The second-order valence-corrected chi connectivity index (χ2v) is 6.94. The zero-order chi connectivity index (χ0) is 19.9. The normalized spacial score (nSPS) is 10.8. The number of carbonyl (C=O) groups is 2. The standard InChI is InChI=1S/C20H33NO6/c22-17-15-16-18(23)21(17)27-20(26)14-12-10-8-6-4-2-1-3-5-7-9-11-13-19(24)25/h15-16,22-23H,1-14H2,(H,24,25). The van der Waals surface area contributed by atoms with Gasteiger partial charge in [0.1, 0.15) is 0 Å². The van der Waals surface area contributed by atoms with Crippen LogP contribution in [0.1, 0.15) is 89.9 Å². The summed E-state index contributed by atoms with van der Waals surface area (Å²) in [5.41, 5.74) is 0. The zero-order valence-corrected chi connectivity index (χ0v) is 16.1. The predicted octanol–water partition coefficient (Wildman–Crippen LogP) is 4.40. The molecule has 27 heavy (non-hydrogen) atoms. The number of rotatable bonds is 16. The van der Waals surface area contributed by atoms with E-state index in [0.29, 0.717) is 4.73 Å². The molecule has 0 aliphatic carbocycles. The number of aromatic nitrogens is 1. The maximum Gasteiger partial charge on any atom is 0.333 e. The maximum atomic E-state index is 11.7. The van der Waals surface area contributed by atoms with E-state index in [0.717, 1.165) is 44.9 Å². The van der Waals surface area contributed by atoms with Gasteiger partial charge in [0.15, 0.2) is 0 Å². The molecule has 3 N–H and O–H groups in total. The van der Waals surface area contributed by atoms with E-state index in [9.17, 15) is 19.8 Å². The van der Waals surface area contributed by atoms with Crippen LogP contribution in [0.5, 0.6) is 11.8 Å². The molecule has 0 bridgehead atoms. The van der Waals surface area contributed by atoms with E-state index >= 15 is 0 Å². The number of hydrogen-bond acceptors (Lipinski definition) is 5. The van der Waals surface area contributed by atoms with Gasteiger partial charge in [0.2, 0.25) is 11.8 Å². The van der Waals surface area contributed by atoms with Crippen LogP contribution in [-0.2, 0) is 9.59 Å². The van der Waals surface area contributed by atoms with Crippen molar-refractivity contribution in [1.29, 1.82) is 0 Å². The van der Waals surface area contributed by atoms with Gasteiger partial charge in [-0.3, -0.25) is 4.79 Å². The number of nitrogens with zero attached hydrogens (tertiary/aromatic N) is 1. The highest BCUT2D eigenvalue weighted by atomic mass is 16.7. The molecule has 0 aromatic carbocycles. The monoisotopic (exact) mass is 383 g/mol. The summed E-state index contributed by atoms with van der Waals surface area (Å²) in [6.07, 6.45) is 13.5. The summed E-state index contributed by atoms with van der Waals surface area (Å²) in [6.45, 7) is 0. The van der Waals surface area contributed by atoms with Crippen LogP contribution in [0.25, 0.3) is 0 Å². The topological polar surface area (TPSA) is 109 Å². The Hall–Kier alpha value is -2.18. The van der Waals surface area contributed by atoms with Gasteiger partial charge >= 0.3 is 11.9 Å². The van der Waals surface area contributed by atoms with Crippen molar-refractivity contribution in [2.45, 2.75) is 89.9 Å². The highest BCUT2D eigenvalue weighted by molar-refractivity contribution is 5.69. The molecule has 7 heteroatoms. The first kappa shape index (κ1) is 22.9. The van der Waals surface area contributed by atoms with E-state index in [1.807, 2.05) is 0 Å². The van der Waals surface area contributed by atoms with Crippen molar-refractivity contribution >= 4 is 11.9 Å². The summed E-state index contributed by atoms with van der Waals surface area (Å²) in [7, 11) is 0. The van der Waals surface area contributed by atoms with Crippen LogP contribution in [0.3, 0.4) is 0 Å². The Labute approximate surface area is 160 Å². The largest absolute Gasteiger partial charge is 0.492 e. The molecule has 7 nitrogen and oxygen atoms in total. The van der Waals surface area contributed by atoms with Crippen molar-refractivity contribution in [3.8, 4) is 11.8 Å². The van der Waals surface area contributed by atoms with Crippen molar-refractivity contribution in [3.63, 3.8) is 0 Å². The molecule has 0 fully saturated rings. The van der Waals surface area contributed by atoms with Crippen molar-refractivity contribution in [2.24, 2.45) is 0 Å². The molecule has 0 aliphatic heterocycles. The fraction of sp³-hybridized carbons (Fsp3) is 0.700. The summed E-state index contributed by atoms with van der Waals surface area (Å²) in [5.74, 6) is -1.78. The van der Waals surface area contributed by atoms with Crippen LogP contribution in [0, 0.1) is 0 Å². The highest BCUT2D eigenvalue weighted by Gasteiger charge is 2.11. The van der Waals surface area contributed by atoms with E-state index in [2.05, 4.69) is 0 Å². The van der Waals surface area contributed by atoms with Crippen LogP contribution in [-0.4, -0.2) is 32.0 Å². The van der Waals surface area contributed by atoms with E-state index in [1.54, 1.807) is 0 Å². The molecule has 1 rings (SSSR count). The van der Waals surface area contributed by atoms with Crippen LogP contribution in [0.15, 0.2) is 12.1 Å². The minimum absolute atomic E-state index is 0.263. The zero-order valence-electron chi connectivity index (χ0n) is 16.1. The summed E-state index contributed by atoms with van der Waals surface area (Å²) in [6, 6.07) is 2.50. The first-order valence-electron chi connectivity index (χ1n) is 10.0. The van der Waals surface area contributed by atoms with Gasteiger partial charge < -0.3 is 20.2 Å². The smallest absolute Gasteiger partial charge is 0.333 e. The van der Waals surface area contributed by atoms with E-state index in [-0.39, 0.29) is 24.6 Å². The Bertz CT molecular complexity index is 535. The fourth-order valence-corrected chi connectivity index (χ4v) is 2.96. The average Bonchev–Trinajstić information content (AvgIpc) is 2.93. The van der Waals surface area contributed by atoms with Gasteiger partial charge in [-0.1, -0.05) is 64.2 Å². The van der Waals surface area contributed by atoms with Gasteiger partial charge in [0.05, 0.1) is 0 Å². The molecule has 0 saturated heterocycles. The molecule has 1 aromatic rings. The number of hydrogen-bond donors (Lipinski definition) is 3. The Morgan fingerprint density at radius 2 is 1.07 bits per heavy atom. The molecular formula is C20H33NO6. The van der Waals surface area contributed by atoms with Crippen LogP contribution >= 0.6 is 0 Å². The van der Waals surface area contributed by atoms with Crippen molar-refractivity contribution in [1.82, 2.24) is 4.73 Å². The van der Waals surface area contributed by atoms with Gasteiger partial charge in [-0.15, -0.1) is 4.73 Å². The maximum absolute atomic E-state index is 11.7. The molecule has 0 atom stereocenters. The lowest BCUT2D eigenvalue weighted by Gasteiger charge is -2.06. The molecule has 0 aliphatic rings. The third-order valence-electron chi connectivity index (χ3n) is 4.51. The number of carboxylic acid groups (broad SMARTS) is 1. The first-order valence-corrected chi connectivity index (χ1v) is 10.0. The SMILES string of the molecule is O=C(O)CCCCCCCCCCCCCCC(=O)On1c(O)ccc1O. The van der Waals surface area contributed by atoms with Crippen LogP contribution in [0.4, 0.5) is 0 Å². The van der Waals surface area contributed by atoms with E-state index in [4.69, 9.17) is 9.94 Å². The Morgan fingerprint density at radius 3 is 1.48 bits per heavy atom. The average molecular weight is 383 g/mol. The third-order valence-corrected chi connectivity index (χ3v) is 4.51. The lowest BCUT2D eigenvalue weighted by molar-refractivity contribution is -0.145. The third kappa shape index (κ3) is 11.2. The number of unbranched alkanes of at least 4 members (excludes halogenated alkanes) is 11. The Kier molecular flexibility index (Phi) is 11.8. The number of aliphatic carboxylic acids is 1. The van der Waals surface area contributed by atoms with Crippen molar-refractivity contribution in [2.75, 3.05) is 0 Å². The quantitative estimate of drug-likeness (QED) is 0.365. The van der Waals surface area contributed by atoms with Gasteiger partial charge in [0, 0.05) is 25.0 Å². The summed E-state index contributed by atoms with van der Waals surface area (Å²) >= 11 is 0. The fourth-order valence-electron chi connectivity index (χ4n) is 2.96. The lowest BCUT2D eigenvalue weighted by Crippen LogP contribution is -2.18. The molecule has 0 spiro atoms. The van der Waals surface area contributed by atoms with Gasteiger partial charge in [-0.05, 0) is 12.8 Å². The van der Waals surface area contributed by atoms with Crippen LogP contribution < -0.4 is 4.84 Å². The molecule has 154 valence electrons. The molecule has 0 amide bonds. The van der Waals surface area contributed by atoms with Gasteiger partial charge in [0.25, 0.3) is 0 Å². The molecule has 0 saturated carbocycles. The second-order valence-electron chi connectivity index (χ2n) is 6.94. The van der Waals surface area contributed by atoms with Crippen LogP contribution in [0.2, 0.25) is 0 Å². The minimum Gasteiger partial charge on any atom is -0.492 e. The summed E-state index contributed by atoms with van der Waals surface area (Å²) in [4.78, 5) is 26.9. The number of aromatic hydroxyl groups is 2. The second kappa shape index (κ2) is 13.9. The minimum atomic E-state index is -0.702. The lowest BCUT2D eigenvalue weighted by atomic mass is 10.0. The highest BCUT2D eigenvalue weighted by Crippen LogP contribution is 2.19. The Balaban J connectivity index is 1.85. The molecular weight excluding hydrogens is 350 g/mol. The first-order chi connectivity index (χ1) is 13.0. The van der Waals surface area contributed by atoms with Crippen molar-refractivity contribution in [3.05, 3.63) is 12.1 Å². The summed E-state index contributed by atoms with van der Waals surface area (Å²) in [5, 5.41) is 27.3. The molecule has 0 unspecified atom stereocenters. The predicted molar refractivity (Wildman–Crippen MR) is 102 cm³/mol. The van der Waals surface area contributed by atoms with E-state index < -0.39 is 11.9 Å². The van der Waals surface area contributed by atoms with Gasteiger partial charge in [-0.25, -0.2) is 4.79 Å². The number of carbonyl (C=O) groups excluding carboxylic acids is 1. The Morgan fingerprint density at radius 1 is 0.704 bits per heavy atom. The van der Waals surface area contributed by atoms with Crippen molar-refractivity contribution < 1.29 is 29.7 Å². The molecule has 1 heterocycles. The molecule has 0 radical (unpaired) electrons. The number of carboxylic acids is 1.